The number of aryl methyl sites for hydroxylation is 1. The lowest BCUT2D eigenvalue weighted by molar-refractivity contribution is 0.657. The third kappa shape index (κ3) is 2.95. The SMILES string of the molecule is CCCCCCc1nnc2ccccc2c1Cl. The fourth-order valence-electron chi connectivity index (χ4n) is 1.94. The maximum absolute atomic E-state index is 6.35. The average Bonchev–Trinajstić information content (AvgIpc) is 2.37. The molecule has 2 nitrogen and oxygen atoms in total. The molecule has 0 aliphatic rings. The van der Waals surface area contributed by atoms with Crippen molar-refractivity contribution < 1.29 is 0 Å². The van der Waals surface area contributed by atoms with Gasteiger partial charge in [0.2, 0.25) is 0 Å². The van der Waals surface area contributed by atoms with Crippen LogP contribution < -0.4 is 0 Å². The fraction of sp³-hybridized carbons (Fsp3) is 0.429. The summed E-state index contributed by atoms with van der Waals surface area (Å²) in [5, 5.41) is 10.2. The largest absolute Gasteiger partial charge is 0.153 e. The van der Waals surface area contributed by atoms with E-state index in [2.05, 4.69) is 17.1 Å². The summed E-state index contributed by atoms with van der Waals surface area (Å²) in [6.45, 7) is 2.21. The van der Waals surface area contributed by atoms with E-state index in [-0.39, 0.29) is 0 Å². The third-order valence-corrected chi connectivity index (χ3v) is 3.36. The second-order valence-electron chi connectivity index (χ2n) is 4.29. The second-order valence-corrected chi connectivity index (χ2v) is 4.67. The van der Waals surface area contributed by atoms with Crippen molar-refractivity contribution in [2.45, 2.75) is 39.0 Å². The summed E-state index contributed by atoms with van der Waals surface area (Å²) in [6, 6.07) is 7.88. The van der Waals surface area contributed by atoms with Crippen LogP contribution in [0, 0.1) is 0 Å². The molecule has 1 aromatic heterocycles. The fourth-order valence-corrected chi connectivity index (χ4v) is 2.23. The summed E-state index contributed by atoms with van der Waals surface area (Å²) in [5.41, 5.74) is 1.80. The van der Waals surface area contributed by atoms with Gasteiger partial charge in [0, 0.05) is 5.39 Å². The topological polar surface area (TPSA) is 25.8 Å². The molecule has 0 N–H and O–H groups in total. The molecule has 90 valence electrons. The average molecular weight is 249 g/mol. The number of hydrogen-bond acceptors (Lipinski definition) is 2. The highest BCUT2D eigenvalue weighted by atomic mass is 35.5. The Morgan fingerprint density at radius 3 is 2.71 bits per heavy atom. The first-order chi connectivity index (χ1) is 8.33. The molecule has 0 bridgehead atoms. The van der Waals surface area contributed by atoms with Crippen LogP contribution in [-0.4, -0.2) is 10.2 Å². The van der Waals surface area contributed by atoms with Crippen LogP contribution >= 0.6 is 11.6 Å². The van der Waals surface area contributed by atoms with Crippen molar-refractivity contribution in [1.29, 1.82) is 0 Å². The van der Waals surface area contributed by atoms with Crippen molar-refractivity contribution >= 4 is 22.5 Å². The highest BCUT2D eigenvalue weighted by Gasteiger charge is 2.07. The Kier molecular flexibility index (Phi) is 4.32. The van der Waals surface area contributed by atoms with Crippen molar-refractivity contribution in [3.05, 3.63) is 35.0 Å². The van der Waals surface area contributed by atoms with E-state index in [1.54, 1.807) is 0 Å². The molecule has 0 saturated heterocycles. The first kappa shape index (κ1) is 12.3. The summed E-state index contributed by atoms with van der Waals surface area (Å²) in [7, 11) is 0. The van der Waals surface area contributed by atoms with Gasteiger partial charge < -0.3 is 0 Å². The number of rotatable bonds is 5. The van der Waals surface area contributed by atoms with Crippen molar-refractivity contribution in [2.75, 3.05) is 0 Å². The Hall–Kier alpha value is -1.15. The highest BCUT2D eigenvalue weighted by Crippen LogP contribution is 2.24. The van der Waals surface area contributed by atoms with E-state index in [9.17, 15) is 0 Å². The Morgan fingerprint density at radius 2 is 1.88 bits per heavy atom. The molecule has 0 fully saturated rings. The minimum Gasteiger partial charge on any atom is -0.153 e. The maximum Gasteiger partial charge on any atom is 0.0944 e. The van der Waals surface area contributed by atoms with Gasteiger partial charge in [0.25, 0.3) is 0 Å². The smallest absolute Gasteiger partial charge is 0.0944 e. The van der Waals surface area contributed by atoms with E-state index in [1.807, 2.05) is 24.3 Å². The number of hydrogen-bond donors (Lipinski definition) is 0. The van der Waals surface area contributed by atoms with Crippen LogP contribution in [0.15, 0.2) is 24.3 Å². The van der Waals surface area contributed by atoms with E-state index < -0.39 is 0 Å². The lowest BCUT2D eigenvalue weighted by Crippen LogP contribution is -1.96. The quantitative estimate of drug-likeness (QED) is 0.733. The minimum atomic E-state index is 0.770. The van der Waals surface area contributed by atoms with Gasteiger partial charge in [-0.1, -0.05) is 56.0 Å². The van der Waals surface area contributed by atoms with E-state index in [0.717, 1.165) is 34.5 Å². The molecule has 0 saturated carbocycles. The Bertz CT molecular complexity index is 497. The minimum absolute atomic E-state index is 0.770. The number of aromatic nitrogens is 2. The van der Waals surface area contributed by atoms with Crippen molar-refractivity contribution in [3.8, 4) is 0 Å². The predicted octanol–water partition coefficient (Wildman–Crippen LogP) is 4.41. The predicted molar refractivity (Wildman–Crippen MR) is 72.4 cm³/mol. The standard InChI is InChI=1S/C14H17ClN2/c1-2-3-4-5-10-13-14(15)11-8-6-7-9-12(11)16-17-13/h6-9H,2-5,10H2,1H3. The molecule has 0 radical (unpaired) electrons. The molecule has 3 heteroatoms. The highest BCUT2D eigenvalue weighted by molar-refractivity contribution is 6.35. The van der Waals surface area contributed by atoms with Crippen LogP contribution in [0.1, 0.15) is 38.3 Å². The second kappa shape index (κ2) is 5.97. The molecule has 0 amide bonds. The summed E-state index contributed by atoms with van der Waals surface area (Å²) in [5.74, 6) is 0. The number of unbranched alkanes of at least 4 members (excludes halogenated alkanes) is 3. The van der Waals surface area contributed by atoms with Gasteiger partial charge in [-0.3, -0.25) is 0 Å². The number of nitrogens with zero attached hydrogens (tertiary/aromatic N) is 2. The lowest BCUT2D eigenvalue weighted by Gasteiger charge is -2.05. The lowest BCUT2D eigenvalue weighted by atomic mass is 10.1. The number of fused-ring (bicyclic) bond motifs is 1. The van der Waals surface area contributed by atoms with Gasteiger partial charge in [-0.2, -0.15) is 10.2 Å². The van der Waals surface area contributed by atoms with E-state index in [0.29, 0.717) is 0 Å². The van der Waals surface area contributed by atoms with Crippen molar-refractivity contribution in [2.24, 2.45) is 0 Å². The van der Waals surface area contributed by atoms with E-state index in [1.165, 1.54) is 19.3 Å². The molecule has 0 unspecified atom stereocenters. The molecule has 0 spiro atoms. The molecular formula is C14H17ClN2. The number of halogens is 1. The molecule has 2 rings (SSSR count). The van der Waals surface area contributed by atoms with Gasteiger partial charge in [-0.25, -0.2) is 0 Å². The molecule has 0 aliphatic carbocycles. The van der Waals surface area contributed by atoms with Crippen molar-refractivity contribution in [3.63, 3.8) is 0 Å². The molecule has 0 aliphatic heterocycles. The molecule has 0 atom stereocenters. The summed E-state index contributed by atoms with van der Waals surface area (Å²) < 4.78 is 0. The summed E-state index contributed by atoms with van der Waals surface area (Å²) in [6.07, 6.45) is 5.83. The molecular weight excluding hydrogens is 232 g/mol. The summed E-state index contributed by atoms with van der Waals surface area (Å²) in [4.78, 5) is 0. The van der Waals surface area contributed by atoms with Gasteiger partial charge >= 0.3 is 0 Å². The first-order valence-electron chi connectivity index (χ1n) is 6.22. The van der Waals surface area contributed by atoms with Crippen molar-refractivity contribution in [1.82, 2.24) is 10.2 Å². The van der Waals surface area contributed by atoms with Crippen LogP contribution in [0.4, 0.5) is 0 Å². The Balaban J connectivity index is 2.15. The van der Waals surface area contributed by atoms with Gasteiger partial charge in [-0.05, 0) is 18.9 Å². The zero-order valence-electron chi connectivity index (χ0n) is 10.1. The first-order valence-corrected chi connectivity index (χ1v) is 6.60. The van der Waals surface area contributed by atoms with Gasteiger partial charge in [0.05, 0.1) is 16.2 Å². The van der Waals surface area contributed by atoms with Crippen LogP contribution in [-0.2, 0) is 6.42 Å². The maximum atomic E-state index is 6.35. The molecule has 1 heterocycles. The zero-order valence-corrected chi connectivity index (χ0v) is 10.9. The molecule has 2 aromatic rings. The van der Waals surface area contributed by atoms with Gasteiger partial charge in [0.15, 0.2) is 0 Å². The van der Waals surface area contributed by atoms with Crippen LogP contribution in [0.2, 0.25) is 5.02 Å². The molecule has 17 heavy (non-hydrogen) atoms. The van der Waals surface area contributed by atoms with Crippen LogP contribution in [0.3, 0.4) is 0 Å². The van der Waals surface area contributed by atoms with E-state index >= 15 is 0 Å². The summed E-state index contributed by atoms with van der Waals surface area (Å²) >= 11 is 6.35. The van der Waals surface area contributed by atoms with Crippen LogP contribution in [0.25, 0.3) is 10.9 Å². The molecule has 1 aromatic carbocycles. The monoisotopic (exact) mass is 248 g/mol. The number of benzene rings is 1. The third-order valence-electron chi connectivity index (χ3n) is 2.94. The Morgan fingerprint density at radius 1 is 1.06 bits per heavy atom. The van der Waals surface area contributed by atoms with Gasteiger partial charge in [-0.15, -0.1) is 0 Å². The van der Waals surface area contributed by atoms with Crippen LogP contribution in [0.5, 0.6) is 0 Å². The normalized spacial score (nSPS) is 10.9. The van der Waals surface area contributed by atoms with E-state index in [4.69, 9.17) is 11.6 Å². The van der Waals surface area contributed by atoms with Gasteiger partial charge in [0.1, 0.15) is 0 Å². The Labute approximate surface area is 107 Å². The zero-order chi connectivity index (χ0) is 12.1.